The van der Waals surface area contributed by atoms with E-state index in [1.165, 1.54) is 11.3 Å². The van der Waals surface area contributed by atoms with Crippen LogP contribution in [-0.2, 0) is 15.6 Å². The van der Waals surface area contributed by atoms with Crippen molar-refractivity contribution in [3.8, 4) is 21.8 Å². The maximum absolute atomic E-state index is 14.4. The molecule has 0 unspecified atom stereocenters. The zero-order valence-electron chi connectivity index (χ0n) is 25.7. The second kappa shape index (κ2) is 13.2. The quantitative estimate of drug-likeness (QED) is 0.179. The Morgan fingerprint density at radius 3 is 2.37 bits per heavy atom. The third-order valence-electron chi connectivity index (χ3n) is 7.78. The summed E-state index contributed by atoms with van der Waals surface area (Å²) in [4.78, 5) is 18.8. The van der Waals surface area contributed by atoms with Gasteiger partial charge in [0.05, 0.1) is 27.0 Å². The minimum atomic E-state index is -4.29. The SMILES string of the molecule is CC(C)c1nc(-c2cccc(CS(=O)(=O)c3c(F)cccc3F)c2)c(-c2ccnc(Nc3cccc(N4CCN(C)CC4)c3)n2)s1. The predicted octanol–water partition coefficient (Wildman–Crippen LogP) is 7.14. The Bertz CT molecular complexity index is 1950. The number of piperazine rings is 1. The van der Waals surface area contributed by atoms with E-state index >= 15 is 0 Å². The number of nitrogens with one attached hydrogen (secondary N) is 1. The first-order valence-corrected chi connectivity index (χ1v) is 17.4. The molecule has 1 fully saturated rings. The molecule has 1 aliphatic heterocycles. The van der Waals surface area contributed by atoms with Gasteiger partial charge in [-0.2, -0.15) is 0 Å². The highest BCUT2D eigenvalue weighted by Gasteiger charge is 2.25. The van der Waals surface area contributed by atoms with Crippen LogP contribution >= 0.6 is 11.3 Å². The summed E-state index contributed by atoms with van der Waals surface area (Å²) in [5.74, 6) is -2.21. The zero-order chi connectivity index (χ0) is 32.4. The average Bonchev–Trinajstić information content (AvgIpc) is 3.48. The Balaban J connectivity index is 1.30. The van der Waals surface area contributed by atoms with Gasteiger partial charge in [0.15, 0.2) is 9.84 Å². The highest BCUT2D eigenvalue weighted by atomic mass is 32.2. The molecule has 46 heavy (non-hydrogen) atoms. The largest absolute Gasteiger partial charge is 0.369 e. The molecule has 1 N–H and O–H groups in total. The minimum absolute atomic E-state index is 0.141. The van der Waals surface area contributed by atoms with E-state index < -0.39 is 32.1 Å². The van der Waals surface area contributed by atoms with Gasteiger partial charge in [-0.3, -0.25) is 0 Å². The molecule has 0 saturated carbocycles. The highest BCUT2D eigenvalue weighted by molar-refractivity contribution is 7.90. The maximum Gasteiger partial charge on any atom is 0.227 e. The summed E-state index contributed by atoms with van der Waals surface area (Å²) in [6, 6.07) is 19.9. The number of anilines is 3. The maximum atomic E-state index is 14.4. The van der Waals surface area contributed by atoms with Crippen molar-refractivity contribution in [3.63, 3.8) is 0 Å². The van der Waals surface area contributed by atoms with Gasteiger partial charge in [-0.05, 0) is 55.1 Å². The van der Waals surface area contributed by atoms with Crippen LogP contribution in [0.1, 0.15) is 30.3 Å². The summed E-state index contributed by atoms with van der Waals surface area (Å²) in [6.07, 6.45) is 1.69. The first kappa shape index (κ1) is 31.7. The van der Waals surface area contributed by atoms with Gasteiger partial charge in [0, 0.05) is 55.2 Å². The summed E-state index contributed by atoms with van der Waals surface area (Å²) >= 11 is 1.51. The first-order chi connectivity index (χ1) is 22.1. The number of aromatic nitrogens is 3. The summed E-state index contributed by atoms with van der Waals surface area (Å²) in [5, 5.41) is 4.24. The van der Waals surface area contributed by atoms with E-state index in [4.69, 9.17) is 9.97 Å². The molecule has 0 radical (unpaired) electrons. The number of rotatable bonds is 9. The van der Waals surface area contributed by atoms with Crippen molar-refractivity contribution >= 4 is 38.5 Å². The van der Waals surface area contributed by atoms with E-state index in [2.05, 4.69) is 53.1 Å². The number of sulfone groups is 1. The number of hydrogen-bond donors (Lipinski definition) is 1. The van der Waals surface area contributed by atoms with E-state index in [1.807, 2.05) is 24.3 Å². The third kappa shape index (κ3) is 6.93. The minimum Gasteiger partial charge on any atom is -0.369 e. The van der Waals surface area contributed by atoms with Crippen molar-refractivity contribution in [2.24, 2.45) is 0 Å². The van der Waals surface area contributed by atoms with Gasteiger partial charge in [-0.15, -0.1) is 11.3 Å². The van der Waals surface area contributed by atoms with Gasteiger partial charge in [0.1, 0.15) is 16.5 Å². The highest BCUT2D eigenvalue weighted by Crippen LogP contribution is 2.39. The Morgan fingerprint density at radius 1 is 0.913 bits per heavy atom. The second-order valence-electron chi connectivity index (χ2n) is 11.6. The Kier molecular flexibility index (Phi) is 9.12. The lowest BCUT2D eigenvalue weighted by Crippen LogP contribution is -2.44. The molecule has 0 amide bonds. The summed E-state index contributed by atoms with van der Waals surface area (Å²) in [7, 11) is -2.16. The average molecular weight is 661 g/mol. The van der Waals surface area contributed by atoms with Crippen LogP contribution in [-0.4, -0.2) is 61.5 Å². The van der Waals surface area contributed by atoms with Gasteiger partial charge in [0.2, 0.25) is 5.95 Å². The molecule has 238 valence electrons. The topological polar surface area (TPSA) is 91.3 Å². The fraction of sp³-hybridized carbons (Fsp3) is 0.265. The third-order valence-corrected chi connectivity index (χ3v) is 10.9. The Hall–Kier alpha value is -4.26. The molecule has 1 saturated heterocycles. The summed E-state index contributed by atoms with van der Waals surface area (Å²) in [5.41, 5.74) is 4.38. The van der Waals surface area contributed by atoms with E-state index in [0.717, 1.165) is 65.6 Å². The Morgan fingerprint density at radius 2 is 1.63 bits per heavy atom. The molecule has 1 aliphatic rings. The van der Waals surface area contributed by atoms with E-state index in [0.29, 0.717) is 28.5 Å². The first-order valence-electron chi connectivity index (χ1n) is 15.0. The van der Waals surface area contributed by atoms with Gasteiger partial charge in [-0.1, -0.05) is 44.2 Å². The number of nitrogens with zero attached hydrogens (tertiary/aromatic N) is 5. The van der Waals surface area contributed by atoms with Crippen molar-refractivity contribution in [1.29, 1.82) is 0 Å². The molecular formula is C34H34F2N6O2S2. The van der Waals surface area contributed by atoms with Gasteiger partial charge < -0.3 is 15.1 Å². The molecule has 2 aromatic heterocycles. The fourth-order valence-corrected chi connectivity index (χ4v) is 7.91. The normalized spacial score (nSPS) is 14.2. The lowest BCUT2D eigenvalue weighted by molar-refractivity contribution is 0.313. The van der Waals surface area contributed by atoms with Crippen LogP contribution in [0.4, 0.5) is 26.1 Å². The van der Waals surface area contributed by atoms with Crippen molar-refractivity contribution in [2.75, 3.05) is 43.4 Å². The molecular weight excluding hydrogens is 627 g/mol. The van der Waals surface area contributed by atoms with Crippen LogP contribution in [0, 0.1) is 11.6 Å². The van der Waals surface area contributed by atoms with E-state index in [9.17, 15) is 17.2 Å². The van der Waals surface area contributed by atoms with Crippen molar-refractivity contribution < 1.29 is 17.2 Å². The van der Waals surface area contributed by atoms with Crippen LogP contribution in [0.25, 0.3) is 21.8 Å². The van der Waals surface area contributed by atoms with Gasteiger partial charge >= 0.3 is 0 Å². The predicted molar refractivity (Wildman–Crippen MR) is 179 cm³/mol. The lowest BCUT2D eigenvalue weighted by atomic mass is 10.1. The monoisotopic (exact) mass is 660 g/mol. The number of halogens is 2. The molecule has 0 atom stereocenters. The summed E-state index contributed by atoms with van der Waals surface area (Å²) < 4.78 is 54.8. The number of benzene rings is 3. The molecule has 3 aromatic carbocycles. The van der Waals surface area contributed by atoms with Crippen LogP contribution in [0.3, 0.4) is 0 Å². The number of thiazole rings is 1. The van der Waals surface area contributed by atoms with Gasteiger partial charge in [0.25, 0.3) is 0 Å². The molecule has 5 aromatic rings. The van der Waals surface area contributed by atoms with E-state index in [-0.39, 0.29) is 5.92 Å². The van der Waals surface area contributed by atoms with Crippen LogP contribution < -0.4 is 10.2 Å². The van der Waals surface area contributed by atoms with E-state index in [1.54, 1.807) is 24.4 Å². The molecule has 12 heteroatoms. The molecule has 0 bridgehead atoms. The fourth-order valence-electron chi connectivity index (χ4n) is 5.35. The molecule has 0 aliphatic carbocycles. The van der Waals surface area contributed by atoms with Crippen LogP contribution in [0.15, 0.2) is 83.9 Å². The lowest BCUT2D eigenvalue weighted by Gasteiger charge is -2.34. The smallest absolute Gasteiger partial charge is 0.227 e. The van der Waals surface area contributed by atoms with Crippen LogP contribution in [0.5, 0.6) is 0 Å². The second-order valence-corrected chi connectivity index (χ2v) is 14.6. The molecule has 8 nitrogen and oxygen atoms in total. The number of likely N-dealkylation sites (N-methyl/N-ethyl adjacent to an activating group) is 1. The van der Waals surface area contributed by atoms with Gasteiger partial charge in [-0.25, -0.2) is 32.2 Å². The number of hydrogen-bond acceptors (Lipinski definition) is 9. The molecule has 0 spiro atoms. The molecule has 6 rings (SSSR count). The van der Waals surface area contributed by atoms with Crippen molar-refractivity contribution in [2.45, 2.75) is 30.4 Å². The van der Waals surface area contributed by atoms with Crippen molar-refractivity contribution in [3.05, 3.63) is 101 Å². The van der Waals surface area contributed by atoms with Crippen LogP contribution in [0.2, 0.25) is 0 Å². The zero-order valence-corrected chi connectivity index (χ0v) is 27.4. The Labute approximate surface area is 271 Å². The van der Waals surface area contributed by atoms with Crippen molar-refractivity contribution in [1.82, 2.24) is 19.9 Å². The summed E-state index contributed by atoms with van der Waals surface area (Å²) in [6.45, 7) is 8.07. The standard InChI is InChI=1S/C34H34F2N6O2S2/c1-22(2)33-40-30(24-8-4-7-23(19-24)21-46(43,44)32-27(35)11-6-12-28(32)36)31(45-33)29-13-14-37-34(39-29)38-25-9-5-10-26(20-25)42-17-15-41(3)16-18-42/h4-14,19-20,22H,15-18,21H2,1-3H3,(H,37,38,39). The molecule has 3 heterocycles.